The van der Waals surface area contributed by atoms with Gasteiger partial charge in [0.05, 0.1) is 48.8 Å². The maximum atomic E-state index is 13.1. The van der Waals surface area contributed by atoms with Crippen molar-refractivity contribution in [1.82, 2.24) is 0 Å². The monoisotopic (exact) mass is 654 g/mol. The van der Waals surface area contributed by atoms with Crippen molar-refractivity contribution in [3.05, 3.63) is 60.3 Å². The third-order valence-corrected chi connectivity index (χ3v) is 8.03. The fraction of sp³-hybridized carbons (Fsp3) is 0.686. The van der Waals surface area contributed by atoms with E-state index in [2.05, 4.69) is 0 Å². The lowest BCUT2D eigenvalue weighted by Gasteiger charge is -2.29. The van der Waals surface area contributed by atoms with E-state index in [1.54, 1.807) is 55.5 Å². The van der Waals surface area contributed by atoms with Gasteiger partial charge in [-0.05, 0) is 51.5 Å². The molecule has 0 aromatic rings. The Labute approximate surface area is 273 Å². The first-order valence-electron chi connectivity index (χ1n) is 16.4. The number of esters is 1. The Bertz CT molecular complexity index is 991. The van der Waals surface area contributed by atoms with E-state index in [0.717, 1.165) is 12.8 Å². The Morgan fingerprint density at radius 2 is 1.20 bits per heavy atom. The Morgan fingerprint density at radius 1 is 0.717 bits per heavy atom. The van der Waals surface area contributed by atoms with Gasteiger partial charge in [0.2, 0.25) is 0 Å². The molecule has 1 aliphatic heterocycles. The van der Waals surface area contributed by atoms with Crippen molar-refractivity contribution in [2.75, 3.05) is 0 Å². The van der Waals surface area contributed by atoms with Crippen molar-refractivity contribution in [1.29, 1.82) is 0 Å². The number of carbonyl (C=O) groups is 1. The minimum atomic E-state index is -1.52. The van der Waals surface area contributed by atoms with Crippen LogP contribution < -0.4 is 0 Å². The average molecular weight is 655 g/mol. The van der Waals surface area contributed by atoms with Gasteiger partial charge in [0.25, 0.3) is 0 Å². The van der Waals surface area contributed by atoms with Crippen molar-refractivity contribution in [2.24, 2.45) is 5.92 Å². The highest BCUT2D eigenvalue weighted by Crippen LogP contribution is 2.24. The highest BCUT2D eigenvalue weighted by Gasteiger charge is 2.37. The number of cyclic esters (lactones) is 1. The van der Waals surface area contributed by atoms with Crippen molar-refractivity contribution in [3.8, 4) is 0 Å². The molecule has 0 fully saturated rings. The van der Waals surface area contributed by atoms with Crippen LogP contribution in [0.25, 0.3) is 0 Å². The molecule has 0 saturated carbocycles. The van der Waals surface area contributed by atoms with Gasteiger partial charge in [0.1, 0.15) is 18.1 Å². The van der Waals surface area contributed by atoms with E-state index in [4.69, 9.17) is 4.74 Å². The summed E-state index contributed by atoms with van der Waals surface area (Å²) in [5.74, 6) is -2.33. The van der Waals surface area contributed by atoms with Crippen LogP contribution in [0.15, 0.2) is 60.3 Å². The van der Waals surface area contributed by atoms with Crippen molar-refractivity contribution < 1.29 is 55.5 Å². The maximum Gasteiger partial charge on any atom is 0.314 e. The predicted molar refractivity (Wildman–Crippen MR) is 175 cm³/mol. The van der Waals surface area contributed by atoms with E-state index in [1.807, 2.05) is 6.92 Å². The largest absolute Gasteiger partial charge is 0.459 e. The van der Waals surface area contributed by atoms with Crippen molar-refractivity contribution >= 4 is 5.97 Å². The molecule has 0 aromatic heterocycles. The molecule has 0 bridgehead atoms. The summed E-state index contributed by atoms with van der Waals surface area (Å²) < 4.78 is 5.42. The van der Waals surface area contributed by atoms with Crippen LogP contribution >= 0.6 is 0 Å². The molecule has 0 amide bonds. The summed E-state index contributed by atoms with van der Waals surface area (Å²) in [6, 6.07) is 0. The Morgan fingerprint density at radius 3 is 1.74 bits per heavy atom. The summed E-state index contributed by atoms with van der Waals surface area (Å²) in [6.07, 6.45) is 4.69. The van der Waals surface area contributed by atoms with E-state index >= 15 is 0 Å². The zero-order valence-electron chi connectivity index (χ0n) is 27.5. The molecule has 0 aliphatic carbocycles. The summed E-state index contributed by atoms with van der Waals surface area (Å²) in [7, 11) is 0. The van der Waals surface area contributed by atoms with E-state index in [1.165, 1.54) is 13.0 Å². The lowest BCUT2D eigenvalue weighted by atomic mass is 9.87. The molecule has 46 heavy (non-hydrogen) atoms. The van der Waals surface area contributed by atoms with Gasteiger partial charge < -0.3 is 50.7 Å². The molecule has 0 spiro atoms. The quantitative estimate of drug-likeness (QED) is 0.154. The van der Waals surface area contributed by atoms with Crippen LogP contribution in [0.2, 0.25) is 0 Å². The first-order valence-corrected chi connectivity index (χ1v) is 16.4. The minimum absolute atomic E-state index is 0.0162. The van der Waals surface area contributed by atoms with Crippen molar-refractivity contribution in [2.45, 2.75) is 146 Å². The Kier molecular flexibility index (Phi) is 21.1. The third kappa shape index (κ3) is 17.7. The van der Waals surface area contributed by atoms with Crippen molar-refractivity contribution in [3.63, 3.8) is 0 Å². The summed E-state index contributed by atoms with van der Waals surface area (Å²) in [4.78, 5) is 13.1. The third-order valence-electron chi connectivity index (χ3n) is 8.03. The Balaban J connectivity index is 3.14. The number of aliphatic hydroxyl groups is 9. The fourth-order valence-corrected chi connectivity index (χ4v) is 5.27. The van der Waals surface area contributed by atoms with Gasteiger partial charge in [-0.3, -0.25) is 4.79 Å². The fourth-order valence-electron chi connectivity index (χ4n) is 5.27. The second kappa shape index (κ2) is 23.2. The number of aliphatic hydroxyl groups excluding tert-OH is 9. The van der Waals surface area contributed by atoms with Crippen LogP contribution in [0.3, 0.4) is 0 Å². The normalized spacial score (nSPS) is 38.6. The number of carbonyl (C=O) groups excluding carboxylic acids is 1. The molecule has 1 unspecified atom stereocenters. The first kappa shape index (κ1) is 41.8. The smallest absolute Gasteiger partial charge is 0.314 e. The number of ether oxygens (including phenoxy) is 1. The number of rotatable bonds is 5. The second-order valence-electron chi connectivity index (χ2n) is 12.4. The van der Waals surface area contributed by atoms with Gasteiger partial charge >= 0.3 is 5.97 Å². The lowest BCUT2D eigenvalue weighted by molar-refractivity contribution is -0.168. The SMILES string of the molecule is CCCCC[C@@H](O)[C@H]1C(=O)O[C@H](C)[C@@H](O)/C=C/C=C/C=C\C=C/C=C(\C)[C@@H](O)CC(O)C[C@H](O)C[C@H](O)C[C@H](O)C[C@H](O)C[C@@H]1O. The molecular formula is C35H58O11. The van der Waals surface area contributed by atoms with Crippen LogP contribution in [-0.2, 0) is 9.53 Å². The van der Waals surface area contributed by atoms with Crippen LogP contribution in [0.4, 0.5) is 0 Å². The maximum absolute atomic E-state index is 13.1. The van der Waals surface area contributed by atoms with Gasteiger partial charge in [0, 0.05) is 12.8 Å². The van der Waals surface area contributed by atoms with E-state index in [9.17, 15) is 50.8 Å². The summed E-state index contributed by atoms with van der Waals surface area (Å²) in [6.45, 7) is 5.18. The average Bonchev–Trinajstić information content (AvgIpc) is 2.94. The molecular weight excluding hydrogens is 596 g/mol. The molecule has 0 aromatic carbocycles. The van der Waals surface area contributed by atoms with Crippen LogP contribution in [-0.4, -0.2) is 113 Å². The van der Waals surface area contributed by atoms with Gasteiger partial charge in [-0.15, -0.1) is 0 Å². The first-order chi connectivity index (χ1) is 21.7. The van der Waals surface area contributed by atoms with Gasteiger partial charge in [-0.1, -0.05) is 80.9 Å². The lowest BCUT2D eigenvalue weighted by Crippen LogP contribution is -2.43. The molecule has 1 aliphatic rings. The van der Waals surface area contributed by atoms with Crippen LogP contribution in [0.5, 0.6) is 0 Å². The minimum Gasteiger partial charge on any atom is -0.459 e. The van der Waals surface area contributed by atoms with Gasteiger partial charge in [0.15, 0.2) is 0 Å². The van der Waals surface area contributed by atoms with E-state index < -0.39 is 72.9 Å². The van der Waals surface area contributed by atoms with Gasteiger partial charge in [-0.2, -0.15) is 0 Å². The molecule has 0 saturated heterocycles. The summed E-state index contributed by atoms with van der Waals surface area (Å²) in [5.41, 5.74) is 0.609. The molecule has 0 radical (unpaired) electrons. The van der Waals surface area contributed by atoms with E-state index in [-0.39, 0.29) is 44.9 Å². The molecule has 1 rings (SSSR count). The van der Waals surface area contributed by atoms with Crippen LogP contribution in [0, 0.1) is 5.92 Å². The zero-order valence-corrected chi connectivity index (χ0v) is 27.5. The van der Waals surface area contributed by atoms with Crippen LogP contribution in [0.1, 0.15) is 85.0 Å². The predicted octanol–water partition coefficient (Wildman–Crippen LogP) is 1.89. The number of hydrogen-bond donors (Lipinski definition) is 9. The number of hydrogen-bond acceptors (Lipinski definition) is 11. The topological polar surface area (TPSA) is 208 Å². The highest BCUT2D eigenvalue weighted by atomic mass is 16.6. The zero-order chi connectivity index (χ0) is 34.6. The summed E-state index contributed by atoms with van der Waals surface area (Å²) in [5, 5.41) is 94.8. The standard InChI is InChI=1S/C35H58O11/c1-4-5-11-16-31(42)34-33(44)22-29(40)20-27(38)18-25(36)17-26(37)19-28(39)21-32(43)23(2)14-12-9-7-6-8-10-13-15-30(41)24(3)46-35(34)45/h6-10,12-15,24-34,36-44H,4-5,11,16-22H2,1-3H3/b7-6-,10-8+,12-9-,15-13+,23-14+/t24-,25+,26-,27+,28?,29+,30+,31-,32+,33+,34-/m1/s1. The number of unbranched alkanes of at least 4 members (excludes halogenated alkanes) is 2. The number of allylic oxidation sites excluding steroid dienone is 8. The molecule has 11 nitrogen and oxygen atoms in total. The molecule has 264 valence electrons. The molecule has 9 N–H and O–H groups in total. The second-order valence-corrected chi connectivity index (χ2v) is 12.4. The molecule has 1 heterocycles. The summed E-state index contributed by atoms with van der Waals surface area (Å²) >= 11 is 0. The van der Waals surface area contributed by atoms with Gasteiger partial charge in [-0.25, -0.2) is 0 Å². The van der Waals surface area contributed by atoms with E-state index in [0.29, 0.717) is 12.0 Å². The molecule has 11 heteroatoms. The highest BCUT2D eigenvalue weighted by molar-refractivity contribution is 5.74. The Hall–Kier alpha value is -2.19. The molecule has 11 atom stereocenters.